The summed E-state index contributed by atoms with van der Waals surface area (Å²) in [6, 6.07) is 1.25. The molecule has 0 aromatic carbocycles. The SMILES string of the molecule is CC(C)N1C(=S)SC2CC3(I)BC3(C(C)C)CCCCC21. The lowest BCUT2D eigenvalue weighted by Gasteiger charge is -2.32. The summed E-state index contributed by atoms with van der Waals surface area (Å²) < 4.78 is 1.71. The van der Waals surface area contributed by atoms with Gasteiger partial charge in [-0.15, -0.1) is 0 Å². The van der Waals surface area contributed by atoms with Crippen molar-refractivity contribution in [1.29, 1.82) is 0 Å². The van der Waals surface area contributed by atoms with E-state index in [0.29, 0.717) is 20.7 Å². The van der Waals surface area contributed by atoms with Crippen LogP contribution in [0.25, 0.3) is 0 Å². The highest BCUT2D eigenvalue weighted by molar-refractivity contribution is 14.1. The minimum atomic E-state index is 0.543. The number of thioether (sulfide) groups is 1. The number of hydrogen-bond donors (Lipinski definition) is 0. The van der Waals surface area contributed by atoms with Crippen molar-refractivity contribution in [3.8, 4) is 0 Å². The zero-order valence-electron chi connectivity index (χ0n) is 13.7. The number of hydrogen-bond acceptors (Lipinski definition) is 2. The molecule has 4 atom stereocenters. The van der Waals surface area contributed by atoms with Gasteiger partial charge in [0.05, 0.1) is 0 Å². The quantitative estimate of drug-likeness (QED) is 0.265. The van der Waals surface area contributed by atoms with E-state index in [4.69, 9.17) is 12.2 Å². The van der Waals surface area contributed by atoms with E-state index in [0.717, 1.165) is 15.5 Å². The van der Waals surface area contributed by atoms with Gasteiger partial charge in [0.15, 0.2) is 0 Å². The zero-order valence-corrected chi connectivity index (χ0v) is 17.5. The Bertz CT molecular complexity index is 444. The van der Waals surface area contributed by atoms with Gasteiger partial charge in [0.25, 0.3) is 0 Å². The van der Waals surface area contributed by atoms with Crippen molar-refractivity contribution in [2.75, 3.05) is 0 Å². The van der Waals surface area contributed by atoms with Crippen LogP contribution in [0.3, 0.4) is 0 Å². The topological polar surface area (TPSA) is 3.24 Å². The molecule has 2 saturated heterocycles. The van der Waals surface area contributed by atoms with Gasteiger partial charge >= 0.3 is 0 Å². The summed E-state index contributed by atoms with van der Waals surface area (Å²) in [6.07, 6.45) is 6.95. The summed E-state index contributed by atoms with van der Waals surface area (Å²) in [5, 5.41) is 1.35. The van der Waals surface area contributed by atoms with Crippen LogP contribution in [0.2, 0.25) is 5.31 Å². The lowest BCUT2D eigenvalue weighted by atomic mass is 9.75. The van der Waals surface area contributed by atoms with E-state index in [2.05, 4.69) is 55.2 Å². The monoisotopic (exact) mass is 435 g/mol. The summed E-state index contributed by atoms with van der Waals surface area (Å²) in [6.45, 7) is 9.50. The van der Waals surface area contributed by atoms with Crippen molar-refractivity contribution >= 4 is 58.2 Å². The first kappa shape index (κ1) is 16.9. The van der Waals surface area contributed by atoms with Crippen molar-refractivity contribution < 1.29 is 0 Å². The molecule has 0 radical (unpaired) electrons. The second-order valence-corrected chi connectivity index (χ2v) is 11.8. The molecule has 0 spiro atoms. The molecule has 0 bridgehead atoms. The minimum Gasteiger partial charge on any atom is -0.351 e. The van der Waals surface area contributed by atoms with Crippen molar-refractivity contribution in [2.45, 2.75) is 85.8 Å². The smallest absolute Gasteiger partial charge is 0.148 e. The molecular weight excluding hydrogens is 408 g/mol. The summed E-state index contributed by atoms with van der Waals surface area (Å²) in [5.74, 6) is 0.825. The highest BCUT2D eigenvalue weighted by Crippen LogP contribution is 2.71. The van der Waals surface area contributed by atoms with Gasteiger partial charge in [0.1, 0.15) is 11.6 Å². The van der Waals surface area contributed by atoms with E-state index in [1.165, 1.54) is 39.4 Å². The Hall–Kier alpha value is 1.03. The summed E-state index contributed by atoms with van der Waals surface area (Å²) in [7, 11) is 1.44. The lowest BCUT2D eigenvalue weighted by molar-refractivity contribution is 0.254. The molecule has 3 rings (SSSR count). The number of alkyl halides is 1. The number of halogens is 1. The lowest BCUT2D eigenvalue weighted by Crippen LogP contribution is -2.41. The van der Waals surface area contributed by atoms with Gasteiger partial charge in [0.2, 0.25) is 0 Å². The van der Waals surface area contributed by atoms with Crippen LogP contribution in [-0.4, -0.2) is 37.2 Å². The molecule has 4 unspecified atom stereocenters. The van der Waals surface area contributed by atoms with Gasteiger partial charge in [-0.2, -0.15) is 0 Å². The predicted octanol–water partition coefficient (Wildman–Crippen LogP) is 4.83. The van der Waals surface area contributed by atoms with Gasteiger partial charge in [-0.25, -0.2) is 0 Å². The van der Waals surface area contributed by atoms with Gasteiger partial charge in [-0.05, 0) is 41.2 Å². The van der Waals surface area contributed by atoms with Crippen molar-refractivity contribution in [3.05, 3.63) is 0 Å². The summed E-state index contributed by atoms with van der Waals surface area (Å²) in [5.41, 5.74) is 0. The molecule has 1 saturated carbocycles. The van der Waals surface area contributed by atoms with E-state index in [9.17, 15) is 0 Å². The van der Waals surface area contributed by atoms with Gasteiger partial charge in [-0.1, -0.05) is 79.7 Å². The Morgan fingerprint density at radius 2 is 2.05 bits per heavy atom. The fraction of sp³-hybridized carbons (Fsp3) is 0.938. The van der Waals surface area contributed by atoms with Crippen molar-refractivity contribution in [3.63, 3.8) is 0 Å². The van der Waals surface area contributed by atoms with Crippen LogP contribution in [0.1, 0.15) is 59.8 Å². The van der Waals surface area contributed by atoms with Crippen LogP contribution in [0.5, 0.6) is 0 Å². The number of thiocarbonyl (C=S) groups is 1. The van der Waals surface area contributed by atoms with E-state index < -0.39 is 0 Å². The molecule has 21 heavy (non-hydrogen) atoms. The first-order valence-corrected chi connectivity index (χ1v) is 10.9. The van der Waals surface area contributed by atoms with Crippen LogP contribution in [-0.2, 0) is 0 Å². The molecule has 118 valence electrons. The average molecular weight is 435 g/mol. The maximum atomic E-state index is 5.71. The Kier molecular flexibility index (Phi) is 4.69. The second-order valence-electron chi connectivity index (χ2n) is 7.89. The maximum absolute atomic E-state index is 5.71. The Balaban J connectivity index is 1.84. The molecule has 2 aliphatic heterocycles. The van der Waals surface area contributed by atoms with Crippen LogP contribution >= 0.6 is 46.6 Å². The van der Waals surface area contributed by atoms with Crippen LogP contribution in [0.15, 0.2) is 0 Å². The number of rotatable bonds is 2. The Labute approximate surface area is 154 Å². The molecule has 5 heteroatoms. The fourth-order valence-electron chi connectivity index (χ4n) is 4.85. The van der Waals surface area contributed by atoms with Gasteiger partial charge in [0, 0.05) is 17.3 Å². The first-order valence-electron chi connectivity index (χ1n) is 8.49. The average Bonchev–Trinajstić information content (AvgIpc) is 2.82. The predicted molar refractivity (Wildman–Crippen MR) is 109 cm³/mol. The second kappa shape index (κ2) is 5.84. The molecule has 3 fully saturated rings. The number of nitrogens with zero attached hydrogens (tertiary/aromatic N) is 1. The third-order valence-corrected chi connectivity index (χ3v) is 9.76. The van der Waals surface area contributed by atoms with E-state index in [1.807, 2.05) is 11.8 Å². The standard InChI is InChI=1S/C16H27BINS2/c1-10(2)15-8-6-5-7-12-13(9-16(15,18)17-15)21-14(20)19(12)11(3)4/h10-13,17H,5-9H2,1-4H3. The summed E-state index contributed by atoms with van der Waals surface area (Å²) in [4.78, 5) is 2.55. The van der Waals surface area contributed by atoms with Gasteiger partial charge in [-0.3, -0.25) is 0 Å². The van der Waals surface area contributed by atoms with E-state index >= 15 is 0 Å². The molecule has 1 aliphatic carbocycles. The molecule has 0 aromatic rings. The Morgan fingerprint density at radius 3 is 2.67 bits per heavy atom. The molecule has 1 nitrogen and oxygen atoms in total. The van der Waals surface area contributed by atoms with Crippen molar-refractivity contribution in [2.24, 2.45) is 5.92 Å². The van der Waals surface area contributed by atoms with Crippen molar-refractivity contribution in [1.82, 2.24) is 4.90 Å². The summed E-state index contributed by atoms with van der Waals surface area (Å²) >= 11 is 10.5. The molecule has 2 heterocycles. The molecule has 0 N–H and O–H groups in total. The van der Waals surface area contributed by atoms with E-state index in [1.54, 1.807) is 0 Å². The number of fused-ring (bicyclic) bond motifs is 2. The largest absolute Gasteiger partial charge is 0.351 e. The zero-order chi connectivity index (χ0) is 15.4. The highest BCUT2D eigenvalue weighted by Gasteiger charge is 2.68. The van der Waals surface area contributed by atoms with Crippen LogP contribution in [0.4, 0.5) is 0 Å². The normalized spacial score (nSPS) is 43.0. The van der Waals surface area contributed by atoms with Crippen LogP contribution in [0, 0.1) is 5.92 Å². The Morgan fingerprint density at radius 1 is 1.33 bits per heavy atom. The molecular formula is C16H27BINS2. The van der Waals surface area contributed by atoms with Crippen LogP contribution < -0.4 is 0 Å². The fourth-order valence-corrected chi connectivity index (χ4v) is 9.43. The first-order chi connectivity index (χ1) is 9.81. The maximum Gasteiger partial charge on any atom is 0.148 e. The molecule has 0 aromatic heterocycles. The third-order valence-electron chi connectivity index (χ3n) is 6.17. The molecule has 0 amide bonds. The molecule has 3 aliphatic rings. The third kappa shape index (κ3) is 2.71. The minimum absolute atomic E-state index is 0.543. The highest BCUT2D eigenvalue weighted by atomic mass is 127. The van der Waals surface area contributed by atoms with E-state index in [-0.39, 0.29) is 0 Å². The van der Waals surface area contributed by atoms with Gasteiger partial charge < -0.3 is 4.90 Å².